The molecule has 0 aliphatic carbocycles. The van der Waals surface area contributed by atoms with Crippen LogP contribution in [0.15, 0.2) is 24.3 Å². The van der Waals surface area contributed by atoms with E-state index in [-0.39, 0.29) is 18.3 Å². The molecule has 0 bridgehead atoms. The number of aliphatic hydroxyl groups excluding tert-OH is 1. The van der Waals surface area contributed by atoms with Crippen LogP contribution in [-0.2, 0) is 13.0 Å². The molecule has 1 N–H and O–H groups in total. The van der Waals surface area contributed by atoms with E-state index in [1.54, 1.807) is 0 Å². The largest absolute Gasteiger partial charge is 0.392 e. The molecule has 0 saturated carbocycles. The summed E-state index contributed by atoms with van der Waals surface area (Å²) in [6.07, 6.45) is 6.96. The minimum atomic E-state index is -0.240. The van der Waals surface area contributed by atoms with Crippen molar-refractivity contribution in [3.8, 4) is 11.1 Å². The van der Waals surface area contributed by atoms with E-state index in [4.69, 9.17) is 4.98 Å². The number of aliphatic hydroxyl groups is 1. The Labute approximate surface area is 188 Å². The maximum absolute atomic E-state index is 13.6. The van der Waals surface area contributed by atoms with E-state index in [9.17, 15) is 9.50 Å². The van der Waals surface area contributed by atoms with Crippen molar-refractivity contribution in [2.45, 2.75) is 84.7 Å². The number of halogens is 1. The third kappa shape index (κ3) is 7.11. The average Bonchev–Trinajstić information content (AvgIpc) is 2.72. The van der Waals surface area contributed by atoms with Crippen LogP contribution >= 0.6 is 0 Å². The number of aromatic nitrogens is 1. The SMILES string of the molecule is CC(C)c1nc(C(C)C)c(CCCCCCCN(C)C)c(-c2ccc(F)cc2)c1CO. The van der Waals surface area contributed by atoms with Crippen LogP contribution in [0, 0.1) is 5.82 Å². The normalized spacial score (nSPS) is 11.8. The lowest BCUT2D eigenvalue weighted by molar-refractivity contribution is 0.279. The molecule has 1 aromatic heterocycles. The summed E-state index contributed by atoms with van der Waals surface area (Å²) < 4.78 is 13.6. The Hall–Kier alpha value is -1.78. The molecule has 1 aromatic carbocycles. The van der Waals surface area contributed by atoms with Crippen LogP contribution in [0.3, 0.4) is 0 Å². The summed E-state index contributed by atoms with van der Waals surface area (Å²) in [5.41, 5.74) is 6.23. The van der Waals surface area contributed by atoms with Gasteiger partial charge in [0.2, 0.25) is 0 Å². The van der Waals surface area contributed by atoms with Gasteiger partial charge in [0, 0.05) is 17.0 Å². The van der Waals surface area contributed by atoms with Crippen LogP contribution < -0.4 is 0 Å². The van der Waals surface area contributed by atoms with Crippen molar-refractivity contribution in [3.05, 3.63) is 52.6 Å². The molecule has 0 amide bonds. The van der Waals surface area contributed by atoms with Crippen LogP contribution in [-0.4, -0.2) is 35.6 Å². The third-order valence-corrected chi connectivity index (χ3v) is 5.88. The Kier molecular flexibility index (Phi) is 10.1. The van der Waals surface area contributed by atoms with Gasteiger partial charge in [0.25, 0.3) is 0 Å². The summed E-state index contributed by atoms with van der Waals surface area (Å²) in [7, 11) is 4.24. The minimum Gasteiger partial charge on any atom is -0.392 e. The van der Waals surface area contributed by atoms with Gasteiger partial charge in [-0.2, -0.15) is 0 Å². The maximum Gasteiger partial charge on any atom is 0.123 e. The molecule has 0 radical (unpaired) electrons. The standard InChI is InChI=1S/C27H41FN2O/c1-19(2)26-23(12-10-8-7-9-11-17-30(5)6)25(21-13-15-22(28)16-14-21)24(18-31)27(29-26)20(3)4/h13-16,19-20,31H,7-12,17-18H2,1-6H3. The van der Waals surface area contributed by atoms with Crippen molar-refractivity contribution in [1.29, 1.82) is 0 Å². The number of benzene rings is 1. The Bertz CT molecular complexity index is 813. The van der Waals surface area contributed by atoms with E-state index in [1.165, 1.54) is 43.4 Å². The van der Waals surface area contributed by atoms with Gasteiger partial charge in [-0.3, -0.25) is 4.98 Å². The Morgan fingerprint density at radius 3 is 1.94 bits per heavy atom. The molecule has 0 aliphatic rings. The number of hydrogen-bond acceptors (Lipinski definition) is 3. The monoisotopic (exact) mass is 428 g/mol. The quantitative estimate of drug-likeness (QED) is 0.383. The van der Waals surface area contributed by atoms with Gasteiger partial charge in [0.05, 0.1) is 6.61 Å². The lowest BCUT2D eigenvalue weighted by Gasteiger charge is -2.24. The summed E-state index contributed by atoms with van der Waals surface area (Å²) in [5, 5.41) is 10.3. The lowest BCUT2D eigenvalue weighted by Crippen LogP contribution is -2.13. The zero-order chi connectivity index (χ0) is 23.0. The summed E-state index contributed by atoms with van der Waals surface area (Å²) >= 11 is 0. The Morgan fingerprint density at radius 1 is 0.839 bits per heavy atom. The van der Waals surface area contributed by atoms with E-state index >= 15 is 0 Å². The first-order chi connectivity index (χ1) is 14.8. The molecule has 0 unspecified atom stereocenters. The molecule has 1 heterocycles. The van der Waals surface area contributed by atoms with Crippen molar-refractivity contribution in [2.75, 3.05) is 20.6 Å². The second-order valence-corrected chi connectivity index (χ2v) is 9.51. The molecule has 0 atom stereocenters. The van der Waals surface area contributed by atoms with Crippen LogP contribution in [0.5, 0.6) is 0 Å². The maximum atomic E-state index is 13.6. The fraction of sp³-hybridized carbons (Fsp3) is 0.593. The molecular formula is C27H41FN2O. The van der Waals surface area contributed by atoms with Crippen molar-refractivity contribution >= 4 is 0 Å². The topological polar surface area (TPSA) is 36.4 Å². The number of hydrogen-bond donors (Lipinski definition) is 1. The highest BCUT2D eigenvalue weighted by atomic mass is 19.1. The zero-order valence-corrected chi connectivity index (χ0v) is 20.3. The first-order valence-electron chi connectivity index (χ1n) is 11.8. The van der Waals surface area contributed by atoms with Crippen molar-refractivity contribution in [1.82, 2.24) is 9.88 Å². The van der Waals surface area contributed by atoms with Gasteiger partial charge >= 0.3 is 0 Å². The predicted molar refractivity (Wildman–Crippen MR) is 129 cm³/mol. The second-order valence-electron chi connectivity index (χ2n) is 9.51. The lowest BCUT2D eigenvalue weighted by atomic mass is 9.85. The fourth-order valence-electron chi connectivity index (χ4n) is 4.30. The van der Waals surface area contributed by atoms with Crippen molar-refractivity contribution < 1.29 is 9.50 Å². The number of rotatable bonds is 12. The highest BCUT2D eigenvalue weighted by Gasteiger charge is 2.23. The molecule has 31 heavy (non-hydrogen) atoms. The van der Waals surface area contributed by atoms with Crippen LogP contribution in [0.4, 0.5) is 4.39 Å². The van der Waals surface area contributed by atoms with Gasteiger partial charge in [-0.1, -0.05) is 59.1 Å². The smallest absolute Gasteiger partial charge is 0.123 e. The molecule has 2 rings (SSSR count). The van der Waals surface area contributed by atoms with Gasteiger partial charge in [-0.25, -0.2) is 4.39 Å². The van der Waals surface area contributed by atoms with Gasteiger partial charge in [-0.05, 0) is 80.6 Å². The van der Waals surface area contributed by atoms with Crippen LogP contribution in [0.2, 0.25) is 0 Å². The van der Waals surface area contributed by atoms with Gasteiger partial charge in [0.15, 0.2) is 0 Å². The molecule has 0 aliphatic heterocycles. The molecule has 0 saturated heterocycles. The van der Waals surface area contributed by atoms with Crippen LogP contribution in [0.25, 0.3) is 11.1 Å². The summed E-state index contributed by atoms with van der Waals surface area (Å²) in [4.78, 5) is 7.29. The van der Waals surface area contributed by atoms with Gasteiger partial charge in [0.1, 0.15) is 5.82 Å². The highest BCUT2D eigenvalue weighted by molar-refractivity contribution is 5.73. The van der Waals surface area contributed by atoms with E-state index < -0.39 is 0 Å². The highest BCUT2D eigenvalue weighted by Crippen LogP contribution is 2.37. The molecule has 0 spiro atoms. The average molecular weight is 429 g/mol. The minimum absolute atomic E-state index is 0.0524. The van der Waals surface area contributed by atoms with E-state index in [1.807, 2.05) is 12.1 Å². The van der Waals surface area contributed by atoms with E-state index in [0.29, 0.717) is 5.92 Å². The first kappa shape index (κ1) is 25.5. The molecule has 4 heteroatoms. The zero-order valence-electron chi connectivity index (χ0n) is 20.3. The molecule has 172 valence electrons. The van der Waals surface area contributed by atoms with E-state index in [0.717, 1.165) is 47.5 Å². The second kappa shape index (κ2) is 12.3. The fourth-order valence-corrected chi connectivity index (χ4v) is 4.30. The molecular weight excluding hydrogens is 387 g/mol. The molecule has 2 aromatic rings. The van der Waals surface area contributed by atoms with E-state index in [2.05, 4.69) is 46.7 Å². The molecule has 0 fully saturated rings. The van der Waals surface area contributed by atoms with Crippen LogP contribution in [0.1, 0.15) is 94.1 Å². The summed E-state index contributed by atoms with van der Waals surface area (Å²) in [6.45, 7) is 9.70. The van der Waals surface area contributed by atoms with Crippen molar-refractivity contribution in [2.24, 2.45) is 0 Å². The van der Waals surface area contributed by atoms with Crippen molar-refractivity contribution in [3.63, 3.8) is 0 Å². The summed E-state index contributed by atoms with van der Waals surface area (Å²) in [6, 6.07) is 6.69. The Balaban J connectivity index is 2.38. The number of pyridine rings is 1. The Morgan fingerprint density at radius 2 is 1.39 bits per heavy atom. The predicted octanol–water partition coefficient (Wildman–Crippen LogP) is 6.68. The molecule has 3 nitrogen and oxygen atoms in total. The van der Waals surface area contributed by atoms with Gasteiger partial charge in [-0.15, -0.1) is 0 Å². The third-order valence-electron chi connectivity index (χ3n) is 5.88. The summed E-state index contributed by atoms with van der Waals surface area (Å²) in [5.74, 6) is 0.264. The van der Waals surface area contributed by atoms with Gasteiger partial charge < -0.3 is 10.0 Å². The first-order valence-corrected chi connectivity index (χ1v) is 11.8. The number of unbranched alkanes of at least 4 members (excludes halogenated alkanes) is 4. The number of nitrogens with zero attached hydrogens (tertiary/aromatic N) is 2.